The normalized spacial score (nSPS) is 10.0. The maximum Gasteiger partial charge on any atom is 0.127 e. The van der Waals surface area contributed by atoms with Gasteiger partial charge in [-0.25, -0.2) is 8.78 Å². The summed E-state index contributed by atoms with van der Waals surface area (Å²) in [5.41, 5.74) is 4.40. The highest BCUT2D eigenvalue weighted by Gasteiger charge is 2.02. The number of benzene rings is 3. The van der Waals surface area contributed by atoms with Crippen LogP contribution in [0.1, 0.15) is 60.1 Å². The zero-order valence-corrected chi connectivity index (χ0v) is 17.4. The number of unbranched alkanes of at least 4 members (excludes halogenated alkanes) is 1. The third-order valence-electron chi connectivity index (χ3n) is 4.87. The van der Waals surface area contributed by atoms with Gasteiger partial charge in [0.2, 0.25) is 0 Å². The Labute approximate surface area is 178 Å². The molecule has 0 atom stereocenters. The van der Waals surface area contributed by atoms with E-state index in [4.69, 9.17) is 0 Å². The van der Waals surface area contributed by atoms with Crippen molar-refractivity contribution >= 4 is 0 Å². The molecule has 3 rings (SSSR count). The van der Waals surface area contributed by atoms with E-state index in [0.29, 0.717) is 23.1 Å². The van der Waals surface area contributed by atoms with Gasteiger partial charge in [-0.2, -0.15) is 0 Å². The molecular weight excluding hydrogens is 374 g/mol. The largest absolute Gasteiger partial charge is 0.207 e. The molecular formula is C28H24F2. The van der Waals surface area contributed by atoms with Crippen LogP contribution < -0.4 is 0 Å². The van der Waals surface area contributed by atoms with E-state index in [1.165, 1.54) is 12.1 Å². The Morgan fingerprint density at radius 3 is 1.47 bits per heavy atom. The van der Waals surface area contributed by atoms with Gasteiger partial charge in [-0.1, -0.05) is 56.1 Å². The van der Waals surface area contributed by atoms with Crippen LogP contribution in [0.25, 0.3) is 0 Å². The van der Waals surface area contributed by atoms with E-state index in [0.717, 1.165) is 36.0 Å². The van der Waals surface area contributed by atoms with Crippen molar-refractivity contribution in [2.24, 2.45) is 0 Å². The highest BCUT2D eigenvalue weighted by atomic mass is 19.1. The van der Waals surface area contributed by atoms with Gasteiger partial charge in [-0.05, 0) is 78.9 Å². The topological polar surface area (TPSA) is 0 Å². The molecule has 0 spiro atoms. The van der Waals surface area contributed by atoms with Crippen LogP contribution >= 0.6 is 0 Å². The number of hydrogen-bond acceptors (Lipinski definition) is 0. The summed E-state index contributed by atoms with van der Waals surface area (Å²) in [6.45, 7) is 4.02. The molecule has 0 aliphatic carbocycles. The van der Waals surface area contributed by atoms with E-state index >= 15 is 0 Å². The second kappa shape index (κ2) is 10.4. The molecule has 3 aromatic carbocycles. The van der Waals surface area contributed by atoms with Gasteiger partial charge in [0.05, 0.1) is 0 Å². The Balaban J connectivity index is 1.69. The fourth-order valence-electron chi connectivity index (χ4n) is 3.03. The highest BCUT2D eigenvalue weighted by Crippen LogP contribution is 2.13. The summed E-state index contributed by atoms with van der Waals surface area (Å²) in [5, 5.41) is 0. The molecule has 0 aliphatic rings. The number of aryl methyl sites for hydroxylation is 2. The van der Waals surface area contributed by atoms with Crippen molar-refractivity contribution in [2.45, 2.75) is 39.5 Å². The van der Waals surface area contributed by atoms with Crippen molar-refractivity contribution in [1.82, 2.24) is 0 Å². The van der Waals surface area contributed by atoms with Crippen LogP contribution in [0.4, 0.5) is 8.78 Å². The van der Waals surface area contributed by atoms with Crippen molar-refractivity contribution in [3.8, 4) is 23.7 Å². The van der Waals surface area contributed by atoms with E-state index in [9.17, 15) is 8.78 Å². The van der Waals surface area contributed by atoms with Crippen LogP contribution in [0.2, 0.25) is 0 Å². The van der Waals surface area contributed by atoms with Crippen LogP contribution in [-0.4, -0.2) is 0 Å². The molecule has 30 heavy (non-hydrogen) atoms. The van der Waals surface area contributed by atoms with Gasteiger partial charge in [-0.15, -0.1) is 0 Å². The minimum Gasteiger partial charge on any atom is -0.207 e. The summed E-state index contributed by atoms with van der Waals surface area (Å²) >= 11 is 0. The van der Waals surface area contributed by atoms with Crippen molar-refractivity contribution in [1.29, 1.82) is 0 Å². The minimum atomic E-state index is -0.218. The highest BCUT2D eigenvalue weighted by molar-refractivity contribution is 5.48. The van der Waals surface area contributed by atoms with Crippen LogP contribution in [0.15, 0.2) is 60.7 Å². The Kier molecular flexibility index (Phi) is 7.42. The third-order valence-corrected chi connectivity index (χ3v) is 4.87. The zero-order chi connectivity index (χ0) is 21.3. The molecule has 0 aliphatic heterocycles. The van der Waals surface area contributed by atoms with E-state index in [-0.39, 0.29) is 11.6 Å². The lowest BCUT2D eigenvalue weighted by Gasteiger charge is -2.02. The Hall–Kier alpha value is -3.36. The van der Waals surface area contributed by atoms with Crippen LogP contribution in [0.3, 0.4) is 0 Å². The molecule has 0 N–H and O–H groups in total. The SMILES string of the molecule is CCCCc1ccc(C#Cc2ccc(C#Cc3ccc(CC)c(F)c3)cc2)cc1F. The number of hydrogen-bond donors (Lipinski definition) is 0. The third kappa shape index (κ3) is 5.82. The molecule has 0 saturated carbocycles. The standard InChI is InChI=1S/C28H24F2/c1-3-5-6-26-18-16-24(20-28(26)30)14-12-22-9-7-21(8-10-22)11-13-23-15-17-25(4-2)27(29)19-23/h7-10,15-20H,3-6H2,1-2H3. The second-order valence-electron chi connectivity index (χ2n) is 7.15. The lowest BCUT2D eigenvalue weighted by molar-refractivity contribution is 0.603. The van der Waals surface area contributed by atoms with Gasteiger partial charge in [0.1, 0.15) is 11.6 Å². The summed E-state index contributed by atoms with van der Waals surface area (Å²) < 4.78 is 28.0. The van der Waals surface area contributed by atoms with Crippen LogP contribution in [0, 0.1) is 35.3 Å². The molecule has 0 radical (unpaired) electrons. The maximum absolute atomic E-state index is 14.1. The minimum absolute atomic E-state index is 0.190. The molecule has 0 aromatic heterocycles. The van der Waals surface area contributed by atoms with Crippen molar-refractivity contribution in [3.63, 3.8) is 0 Å². The monoisotopic (exact) mass is 398 g/mol. The molecule has 0 saturated heterocycles. The predicted molar refractivity (Wildman–Crippen MR) is 119 cm³/mol. The van der Waals surface area contributed by atoms with Gasteiger partial charge < -0.3 is 0 Å². The molecule has 0 fully saturated rings. The molecule has 150 valence electrons. The summed E-state index contributed by atoms with van der Waals surface area (Å²) in [6.07, 6.45) is 3.45. The van der Waals surface area contributed by atoms with Gasteiger partial charge in [0.15, 0.2) is 0 Å². The quantitative estimate of drug-likeness (QED) is 0.431. The Morgan fingerprint density at radius 1 is 0.600 bits per heavy atom. The Bertz CT molecular complexity index is 1130. The van der Waals surface area contributed by atoms with Crippen molar-refractivity contribution in [3.05, 3.63) is 106 Å². The molecule has 0 amide bonds. The molecule has 0 unspecified atom stereocenters. The molecule has 0 bridgehead atoms. The average Bonchev–Trinajstić information content (AvgIpc) is 2.76. The summed E-state index contributed by atoms with van der Waals surface area (Å²) in [6, 6.07) is 17.8. The first kappa shape index (κ1) is 21.4. The van der Waals surface area contributed by atoms with Gasteiger partial charge >= 0.3 is 0 Å². The van der Waals surface area contributed by atoms with Crippen LogP contribution in [-0.2, 0) is 12.8 Å². The van der Waals surface area contributed by atoms with E-state index in [1.807, 2.05) is 49.4 Å². The number of halogens is 2. The second-order valence-corrected chi connectivity index (χ2v) is 7.15. The number of rotatable bonds is 4. The smallest absolute Gasteiger partial charge is 0.127 e. The lowest BCUT2D eigenvalue weighted by atomic mass is 10.1. The van der Waals surface area contributed by atoms with Gasteiger partial charge in [-0.3, -0.25) is 0 Å². The summed E-state index contributed by atoms with van der Waals surface area (Å²) in [7, 11) is 0. The van der Waals surface area contributed by atoms with Crippen LogP contribution in [0.5, 0.6) is 0 Å². The fourth-order valence-corrected chi connectivity index (χ4v) is 3.03. The average molecular weight is 398 g/mol. The predicted octanol–water partition coefficient (Wildman–Crippen LogP) is 6.67. The first-order valence-corrected chi connectivity index (χ1v) is 10.3. The van der Waals surface area contributed by atoms with Crippen molar-refractivity contribution < 1.29 is 8.78 Å². The first-order chi connectivity index (χ1) is 14.6. The molecule has 2 heteroatoms. The van der Waals surface area contributed by atoms with Crippen molar-refractivity contribution in [2.75, 3.05) is 0 Å². The van der Waals surface area contributed by atoms with Gasteiger partial charge in [0.25, 0.3) is 0 Å². The molecule has 0 heterocycles. The lowest BCUT2D eigenvalue weighted by Crippen LogP contribution is -1.91. The molecule has 3 aromatic rings. The Morgan fingerprint density at radius 2 is 1.03 bits per heavy atom. The van der Waals surface area contributed by atoms with E-state index in [2.05, 4.69) is 30.6 Å². The summed E-state index contributed by atoms with van der Waals surface area (Å²) in [5.74, 6) is 11.7. The summed E-state index contributed by atoms with van der Waals surface area (Å²) in [4.78, 5) is 0. The van der Waals surface area contributed by atoms with Gasteiger partial charge in [0, 0.05) is 22.3 Å². The maximum atomic E-state index is 14.1. The zero-order valence-electron chi connectivity index (χ0n) is 17.4. The molecule has 0 nitrogen and oxygen atoms in total. The van der Waals surface area contributed by atoms with E-state index in [1.54, 1.807) is 6.07 Å². The first-order valence-electron chi connectivity index (χ1n) is 10.3. The van der Waals surface area contributed by atoms with E-state index < -0.39 is 0 Å². The fraction of sp³-hybridized carbons (Fsp3) is 0.214.